The third kappa shape index (κ3) is 5.25. The fraction of sp³-hybridized carbons (Fsp3) is 0.588. The number of hydrogen-bond acceptors (Lipinski definition) is 3. The predicted octanol–water partition coefficient (Wildman–Crippen LogP) is 2.14. The number of benzene rings is 1. The molecule has 6 heteroatoms. The highest BCUT2D eigenvalue weighted by molar-refractivity contribution is 5.82. The van der Waals surface area contributed by atoms with Crippen molar-refractivity contribution in [3.8, 4) is 0 Å². The summed E-state index contributed by atoms with van der Waals surface area (Å²) >= 11 is 0. The van der Waals surface area contributed by atoms with Crippen LogP contribution in [-0.4, -0.2) is 42.4 Å². The lowest BCUT2D eigenvalue weighted by molar-refractivity contribution is -0.123. The molecule has 23 heavy (non-hydrogen) atoms. The molecule has 1 aromatic rings. The van der Waals surface area contributed by atoms with E-state index in [1.165, 1.54) is 5.56 Å². The zero-order chi connectivity index (χ0) is 16.9. The highest BCUT2D eigenvalue weighted by Crippen LogP contribution is 2.25. The molecule has 1 saturated heterocycles. The zero-order valence-electron chi connectivity index (χ0n) is 13.7. The molecule has 2 rings (SSSR count). The van der Waals surface area contributed by atoms with E-state index in [1.54, 1.807) is 0 Å². The van der Waals surface area contributed by atoms with Crippen molar-refractivity contribution in [1.29, 1.82) is 0 Å². The van der Waals surface area contributed by atoms with E-state index in [0.29, 0.717) is 6.54 Å². The van der Waals surface area contributed by atoms with Crippen molar-refractivity contribution in [2.45, 2.75) is 45.3 Å². The Morgan fingerprint density at radius 2 is 2.04 bits per heavy atom. The van der Waals surface area contributed by atoms with Crippen molar-refractivity contribution in [2.24, 2.45) is 0 Å². The van der Waals surface area contributed by atoms with E-state index in [2.05, 4.69) is 41.5 Å². The summed E-state index contributed by atoms with van der Waals surface area (Å²) in [5.41, 5.74) is 2.17. The van der Waals surface area contributed by atoms with E-state index in [4.69, 9.17) is 0 Å². The molecule has 1 aromatic carbocycles. The van der Waals surface area contributed by atoms with Crippen LogP contribution in [0.2, 0.25) is 0 Å². The summed E-state index contributed by atoms with van der Waals surface area (Å²) in [6.07, 6.45) is -0.430. The molecule has 0 bridgehead atoms. The Labute approximate surface area is 136 Å². The number of nitrogens with one attached hydrogen (secondary N) is 2. The van der Waals surface area contributed by atoms with Crippen molar-refractivity contribution < 1.29 is 13.6 Å². The van der Waals surface area contributed by atoms with Gasteiger partial charge in [-0.05, 0) is 24.2 Å². The molecule has 128 valence electrons. The first kappa shape index (κ1) is 17.8. The third-order valence-electron chi connectivity index (χ3n) is 4.19. The van der Waals surface area contributed by atoms with E-state index in [-0.39, 0.29) is 5.91 Å². The van der Waals surface area contributed by atoms with Gasteiger partial charge in [-0.2, -0.15) is 0 Å². The second-order valence-electron chi connectivity index (χ2n) is 5.99. The molecule has 1 unspecified atom stereocenters. The van der Waals surface area contributed by atoms with E-state index in [1.807, 2.05) is 12.1 Å². The van der Waals surface area contributed by atoms with Gasteiger partial charge in [-0.25, -0.2) is 8.78 Å². The number of hydrogen-bond donors (Lipinski definition) is 2. The number of nitrogens with zero attached hydrogens (tertiary/aromatic N) is 1. The molecular weight excluding hydrogens is 300 g/mol. The number of rotatable bonds is 7. The Hall–Kier alpha value is -1.53. The Balaban J connectivity index is 1.87. The van der Waals surface area contributed by atoms with E-state index in [9.17, 15) is 13.6 Å². The van der Waals surface area contributed by atoms with Gasteiger partial charge in [-0.15, -0.1) is 0 Å². The molecular formula is C17H25F2N3O. The third-order valence-corrected chi connectivity index (χ3v) is 4.19. The summed E-state index contributed by atoms with van der Waals surface area (Å²) < 4.78 is 26.2. The molecule has 2 N–H and O–H groups in total. The second-order valence-corrected chi connectivity index (χ2v) is 5.99. The quantitative estimate of drug-likeness (QED) is 0.807. The highest BCUT2D eigenvalue weighted by Gasteiger charge is 2.42. The van der Waals surface area contributed by atoms with Crippen LogP contribution in [0.25, 0.3) is 0 Å². The molecule has 1 aliphatic rings. The molecule has 1 aliphatic heterocycles. The van der Waals surface area contributed by atoms with Crippen LogP contribution in [0.3, 0.4) is 0 Å². The van der Waals surface area contributed by atoms with Gasteiger partial charge in [-0.3, -0.25) is 15.0 Å². The number of alkyl halides is 2. The van der Waals surface area contributed by atoms with Gasteiger partial charge in [0.25, 0.3) is 5.92 Å². The van der Waals surface area contributed by atoms with Crippen molar-refractivity contribution in [3.05, 3.63) is 35.4 Å². The lowest BCUT2D eigenvalue weighted by Gasteiger charge is -2.18. The Morgan fingerprint density at radius 1 is 1.35 bits per heavy atom. The van der Waals surface area contributed by atoms with Crippen LogP contribution in [0, 0.1) is 0 Å². The molecule has 0 aromatic heterocycles. The lowest BCUT2D eigenvalue weighted by Crippen LogP contribution is -2.40. The summed E-state index contributed by atoms with van der Waals surface area (Å²) in [6.45, 7) is 7.01. The predicted molar refractivity (Wildman–Crippen MR) is 86.3 cm³/mol. The largest absolute Gasteiger partial charge is 0.351 e. The van der Waals surface area contributed by atoms with Gasteiger partial charge in [0.1, 0.15) is 0 Å². The summed E-state index contributed by atoms with van der Waals surface area (Å²) in [4.78, 5) is 14.3. The van der Waals surface area contributed by atoms with Gasteiger partial charge in [0.15, 0.2) is 0 Å². The van der Waals surface area contributed by atoms with Gasteiger partial charge < -0.3 is 5.32 Å². The van der Waals surface area contributed by atoms with Gasteiger partial charge in [0.2, 0.25) is 5.91 Å². The number of carbonyl (C=O) groups is 1. The molecule has 1 amide bonds. The van der Waals surface area contributed by atoms with E-state index >= 15 is 0 Å². The Bertz CT molecular complexity index is 532. The van der Waals surface area contributed by atoms with E-state index < -0.39 is 24.9 Å². The van der Waals surface area contributed by atoms with Crippen LogP contribution in [0.15, 0.2) is 24.3 Å². The molecule has 0 spiro atoms. The van der Waals surface area contributed by atoms with Crippen molar-refractivity contribution in [1.82, 2.24) is 15.5 Å². The molecule has 1 atom stereocenters. The van der Waals surface area contributed by atoms with Gasteiger partial charge in [0, 0.05) is 19.5 Å². The summed E-state index contributed by atoms with van der Waals surface area (Å²) in [7, 11) is 0. The maximum absolute atomic E-state index is 13.1. The number of halogens is 2. The fourth-order valence-electron chi connectivity index (χ4n) is 2.76. The maximum atomic E-state index is 13.1. The van der Waals surface area contributed by atoms with Gasteiger partial charge in [0.05, 0.1) is 12.6 Å². The van der Waals surface area contributed by atoms with Crippen molar-refractivity contribution >= 4 is 5.91 Å². The van der Waals surface area contributed by atoms with Crippen LogP contribution < -0.4 is 10.6 Å². The van der Waals surface area contributed by atoms with Crippen LogP contribution in [0.1, 0.15) is 31.4 Å². The minimum Gasteiger partial charge on any atom is -0.351 e. The second kappa shape index (κ2) is 7.84. The smallest absolute Gasteiger partial charge is 0.262 e. The minimum absolute atomic E-state index is 0.356. The van der Waals surface area contributed by atoms with Crippen molar-refractivity contribution in [2.75, 3.05) is 19.6 Å². The SMILES string of the molecule is CCN(CC)Cc1cccc(CNC(=O)C2CC(F)(F)CN2)c1. The molecule has 0 radical (unpaired) electrons. The number of carbonyl (C=O) groups excluding carboxylic acids is 1. The Morgan fingerprint density at radius 3 is 2.65 bits per heavy atom. The van der Waals surface area contributed by atoms with Gasteiger partial charge >= 0.3 is 0 Å². The average molecular weight is 325 g/mol. The maximum Gasteiger partial charge on any atom is 0.262 e. The summed E-state index contributed by atoms with van der Waals surface area (Å²) in [6, 6.07) is 7.20. The van der Waals surface area contributed by atoms with Crippen LogP contribution in [-0.2, 0) is 17.9 Å². The zero-order valence-corrected chi connectivity index (χ0v) is 13.7. The average Bonchev–Trinajstić information content (AvgIpc) is 2.91. The first-order valence-corrected chi connectivity index (χ1v) is 8.12. The molecule has 1 fully saturated rings. The highest BCUT2D eigenvalue weighted by atomic mass is 19.3. The number of amides is 1. The van der Waals surface area contributed by atoms with Crippen molar-refractivity contribution in [3.63, 3.8) is 0 Å². The molecule has 0 saturated carbocycles. The molecule has 0 aliphatic carbocycles. The Kier molecular flexibility index (Phi) is 6.07. The van der Waals surface area contributed by atoms with E-state index in [0.717, 1.165) is 25.2 Å². The fourth-order valence-corrected chi connectivity index (χ4v) is 2.76. The standard InChI is InChI=1S/C17H25F2N3O/c1-3-22(4-2)11-14-7-5-6-13(8-14)10-20-16(23)15-9-17(18,19)12-21-15/h5-8,15,21H,3-4,9-12H2,1-2H3,(H,20,23). The summed E-state index contributed by atoms with van der Waals surface area (Å²) in [5.74, 6) is -3.15. The minimum atomic E-state index is -2.79. The van der Waals surface area contributed by atoms with Crippen LogP contribution in [0.5, 0.6) is 0 Å². The first-order valence-electron chi connectivity index (χ1n) is 8.12. The van der Waals surface area contributed by atoms with Gasteiger partial charge in [-0.1, -0.05) is 38.1 Å². The first-order chi connectivity index (χ1) is 10.9. The van der Waals surface area contributed by atoms with Crippen LogP contribution >= 0.6 is 0 Å². The monoisotopic (exact) mass is 325 g/mol. The summed E-state index contributed by atoms with van der Waals surface area (Å²) in [5, 5.41) is 5.31. The molecule has 4 nitrogen and oxygen atoms in total. The topological polar surface area (TPSA) is 44.4 Å². The normalized spacial score (nSPS) is 20.0. The molecule has 1 heterocycles. The lowest BCUT2D eigenvalue weighted by atomic mass is 10.1. The van der Waals surface area contributed by atoms with Crippen LogP contribution in [0.4, 0.5) is 8.78 Å².